The Morgan fingerprint density at radius 3 is 2.56 bits per heavy atom. The maximum absolute atomic E-state index is 14.2. The molecule has 8 heteroatoms. The van der Waals surface area contributed by atoms with Crippen molar-refractivity contribution in [1.82, 2.24) is 9.47 Å². The highest BCUT2D eigenvalue weighted by Gasteiger charge is 2.36. The lowest BCUT2D eigenvalue weighted by Crippen LogP contribution is -2.28. The predicted octanol–water partition coefficient (Wildman–Crippen LogP) is 7.19. The van der Waals surface area contributed by atoms with Crippen molar-refractivity contribution in [1.29, 1.82) is 0 Å². The number of nitrogens with zero attached hydrogens (tertiary/aromatic N) is 2. The van der Waals surface area contributed by atoms with Crippen molar-refractivity contribution in [3.63, 3.8) is 0 Å². The van der Waals surface area contributed by atoms with Crippen LogP contribution in [0.2, 0.25) is 5.02 Å². The second kappa shape index (κ2) is 8.89. The van der Waals surface area contributed by atoms with Gasteiger partial charge in [-0.05, 0) is 86.1 Å². The van der Waals surface area contributed by atoms with E-state index in [1.165, 1.54) is 18.2 Å². The molecule has 1 saturated heterocycles. The zero-order valence-electron chi connectivity index (χ0n) is 17.6. The molecule has 0 radical (unpaired) electrons. The van der Waals surface area contributed by atoms with Crippen molar-refractivity contribution in [3.05, 3.63) is 90.8 Å². The van der Waals surface area contributed by atoms with Crippen LogP contribution in [0.15, 0.2) is 51.8 Å². The highest BCUT2D eigenvalue weighted by molar-refractivity contribution is 9.10. The molecule has 3 aromatic rings. The van der Waals surface area contributed by atoms with E-state index in [9.17, 15) is 14.0 Å². The van der Waals surface area contributed by atoms with Gasteiger partial charge in [-0.1, -0.05) is 33.6 Å². The molecule has 0 unspecified atom stereocenters. The SMILES string of the molecule is Cc1cc(-n2c(C)cc(/C=C3\SC(=O)N(Cc4c(F)cccc4Cl)C3=O)c2C)ccc1Br. The van der Waals surface area contributed by atoms with Gasteiger partial charge in [0.25, 0.3) is 11.1 Å². The molecule has 0 bridgehead atoms. The molecule has 0 atom stereocenters. The Balaban J connectivity index is 1.66. The Hall–Kier alpha value is -2.35. The zero-order chi connectivity index (χ0) is 23.2. The molecule has 2 amide bonds. The molecule has 2 heterocycles. The fraction of sp³-hybridized carbons (Fsp3) is 0.167. The Labute approximate surface area is 203 Å². The molecule has 4 rings (SSSR count). The van der Waals surface area contributed by atoms with Gasteiger partial charge in [0.2, 0.25) is 0 Å². The lowest BCUT2D eigenvalue weighted by Gasteiger charge is -2.14. The van der Waals surface area contributed by atoms with Crippen molar-refractivity contribution in [2.75, 3.05) is 0 Å². The van der Waals surface area contributed by atoms with E-state index in [2.05, 4.69) is 26.6 Å². The first-order valence-electron chi connectivity index (χ1n) is 9.81. The van der Waals surface area contributed by atoms with E-state index in [0.29, 0.717) is 4.91 Å². The molecule has 0 saturated carbocycles. The minimum absolute atomic E-state index is 0.126. The number of carbonyl (C=O) groups excluding carboxylic acids is 2. The number of amides is 2. The van der Waals surface area contributed by atoms with Gasteiger partial charge in [0.15, 0.2) is 0 Å². The summed E-state index contributed by atoms with van der Waals surface area (Å²) in [5.41, 5.74) is 5.06. The number of thioether (sulfide) groups is 1. The van der Waals surface area contributed by atoms with Crippen molar-refractivity contribution in [2.45, 2.75) is 27.3 Å². The molecule has 0 spiro atoms. The van der Waals surface area contributed by atoms with E-state index in [-0.39, 0.29) is 17.1 Å². The van der Waals surface area contributed by atoms with Gasteiger partial charge >= 0.3 is 0 Å². The molecular formula is C24H19BrClFN2O2S. The molecule has 1 fully saturated rings. The third kappa shape index (κ3) is 4.17. The van der Waals surface area contributed by atoms with Gasteiger partial charge < -0.3 is 4.57 Å². The monoisotopic (exact) mass is 532 g/mol. The van der Waals surface area contributed by atoms with Crippen molar-refractivity contribution >= 4 is 56.5 Å². The number of aromatic nitrogens is 1. The minimum Gasteiger partial charge on any atom is -0.318 e. The van der Waals surface area contributed by atoms with E-state index in [1.807, 2.05) is 39.0 Å². The van der Waals surface area contributed by atoms with Gasteiger partial charge in [0, 0.05) is 32.1 Å². The van der Waals surface area contributed by atoms with Crippen LogP contribution >= 0.6 is 39.3 Å². The van der Waals surface area contributed by atoms with Crippen molar-refractivity contribution in [3.8, 4) is 5.69 Å². The standard InChI is InChI=1S/C24H19BrClFN2O2S/c1-13-9-17(7-8-19(13)25)29-14(2)10-16(15(29)3)11-22-23(30)28(24(31)32-22)12-18-20(26)5-4-6-21(18)27/h4-11H,12H2,1-3H3/b22-11-. The third-order valence-corrected chi connectivity index (χ3v) is 7.56. The lowest BCUT2D eigenvalue weighted by atomic mass is 10.2. The number of hydrogen-bond acceptors (Lipinski definition) is 3. The molecule has 32 heavy (non-hydrogen) atoms. The number of rotatable bonds is 4. The molecule has 0 N–H and O–H groups in total. The number of benzene rings is 2. The summed E-state index contributed by atoms with van der Waals surface area (Å²) in [6, 6.07) is 12.4. The van der Waals surface area contributed by atoms with E-state index < -0.39 is 17.0 Å². The molecule has 1 aliphatic rings. The maximum atomic E-state index is 14.2. The number of halogens is 3. The summed E-state index contributed by atoms with van der Waals surface area (Å²) in [5, 5.41) is -0.265. The topological polar surface area (TPSA) is 42.3 Å². The number of carbonyl (C=O) groups is 2. The zero-order valence-corrected chi connectivity index (χ0v) is 20.7. The summed E-state index contributed by atoms with van der Waals surface area (Å²) in [6.45, 7) is 5.79. The first kappa shape index (κ1) is 22.8. The van der Waals surface area contributed by atoms with E-state index in [0.717, 1.165) is 49.3 Å². The molecule has 4 nitrogen and oxygen atoms in total. The van der Waals surface area contributed by atoms with Crippen LogP contribution in [0, 0.1) is 26.6 Å². The number of imide groups is 1. The van der Waals surface area contributed by atoms with Crippen LogP contribution < -0.4 is 0 Å². The van der Waals surface area contributed by atoms with Gasteiger partial charge in [-0.15, -0.1) is 0 Å². The van der Waals surface area contributed by atoms with Crippen molar-refractivity contribution < 1.29 is 14.0 Å². The summed E-state index contributed by atoms with van der Waals surface area (Å²) in [4.78, 5) is 26.8. The van der Waals surface area contributed by atoms with E-state index in [1.54, 1.807) is 6.08 Å². The van der Waals surface area contributed by atoms with Crippen LogP contribution in [0.4, 0.5) is 9.18 Å². The van der Waals surface area contributed by atoms with Gasteiger partial charge in [-0.2, -0.15) is 0 Å². The largest absolute Gasteiger partial charge is 0.318 e. The maximum Gasteiger partial charge on any atom is 0.293 e. The van der Waals surface area contributed by atoms with Gasteiger partial charge in [-0.3, -0.25) is 14.5 Å². The first-order valence-corrected chi connectivity index (χ1v) is 11.8. The number of hydrogen-bond donors (Lipinski definition) is 0. The quantitative estimate of drug-likeness (QED) is 0.333. The minimum atomic E-state index is -0.547. The van der Waals surface area contributed by atoms with Gasteiger partial charge in [0.05, 0.1) is 11.4 Å². The van der Waals surface area contributed by atoms with Gasteiger partial charge in [-0.25, -0.2) is 4.39 Å². The van der Waals surface area contributed by atoms with Crippen LogP contribution in [0.1, 0.15) is 28.1 Å². The van der Waals surface area contributed by atoms with Crippen molar-refractivity contribution in [2.24, 2.45) is 0 Å². The molecule has 0 aliphatic carbocycles. The average Bonchev–Trinajstić information content (AvgIpc) is 3.16. The average molecular weight is 534 g/mol. The molecule has 1 aromatic heterocycles. The third-order valence-electron chi connectivity index (χ3n) is 5.41. The van der Waals surface area contributed by atoms with Crippen LogP contribution in [0.3, 0.4) is 0 Å². The normalized spacial score (nSPS) is 15.3. The highest BCUT2D eigenvalue weighted by Crippen LogP contribution is 2.36. The van der Waals surface area contributed by atoms with Crippen LogP contribution in [-0.2, 0) is 11.3 Å². The summed E-state index contributed by atoms with van der Waals surface area (Å²) in [7, 11) is 0. The van der Waals surface area contributed by atoms with Gasteiger partial charge in [0.1, 0.15) is 5.82 Å². The molecule has 164 valence electrons. The fourth-order valence-corrected chi connectivity index (χ4v) is 5.02. The molecular weight excluding hydrogens is 515 g/mol. The molecule has 1 aliphatic heterocycles. The summed E-state index contributed by atoms with van der Waals surface area (Å²) >= 11 is 10.4. The van der Waals surface area contributed by atoms with Crippen LogP contribution in [0.25, 0.3) is 11.8 Å². The highest BCUT2D eigenvalue weighted by atomic mass is 79.9. The summed E-state index contributed by atoms with van der Waals surface area (Å²) < 4.78 is 17.3. The number of aryl methyl sites for hydroxylation is 2. The first-order chi connectivity index (χ1) is 15.2. The van der Waals surface area contributed by atoms with E-state index >= 15 is 0 Å². The fourth-order valence-electron chi connectivity index (χ4n) is 3.72. The second-order valence-corrected chi connectivity index (χ2v) is 9.82. The second-order valence-electron chi connectivity index (χ2n) is 7.56. The molecule has 2 aromatic carbocycles. The van der Waals surface area contributed by atoms with E-state index in [4.69, 9.17) is 11.6 Å². The predicted molar refractivity (Wildman–Crippen MR) is 131 cm³/mol. The smallest absolute Gasteiger partial charge is 0.293 e. The van der Waals surface area contributed by atoms with Crippen LogP contribution in [-0.4, -0.2) is 20.6 Å². The summed E-state index contributed by atoms with van der Waals surface area (Å²) in [5.74, 6) is -1.00. The Kier molecular flexibility index (Phi) is 6.34. The summed E-state index contributed by atoms with van der Waals surface area (Å²) in [6.07, 6.45) is 1.72. The Morgan fingerprint density at radius 2 is 1.88 bits per heavy atom. The Bertz CT molecular complexity index is 1280. The Morgan fingerprint density at radius 1 is 1.12 bits per heavy atom. The lowest BCUT2D eigenvalue weighted by molar-refractivity contribution is -0.123. The van der Waals surface area contributed by atoms with Crippen LogP contribution in [0.5, 0.6) is 0 Å².